The fourth-order valence-corrected chi connectivity index (χ4v) is 2.15. The number of benzene rings is 1. The lowest BCUT2D eigenvalue weighted by Crippen LogP contribution is -2.13. The molecule has 2 aromatic rings. The molecule has 1 heterocycles. The van der Waals surface area contributed by atoms with Crippen molar-refractivity contribution < 1.29 is 0 Å². The zero-order valence-electron chi connectivity index (χ0n) is 11.7. The number of anilines is 2. The predicted octanol–water partition coefficient (Wildman–Crippen LogP) is 4.08. The van der Waals surface area contributed by atoms with Crippen LogP contribution < -0.4 is 4.90 Å². The van der Waals surface area contributed by atoms with Gasteiger partial charge in [0, 0.05) is 12.7 Å². The zero-order valence-corrected chi connectivity index (χ0v) is 12.5. The predicted molar refractivity (Wildman–Crippen MR) is 80.4 cm³/mol. The Balaban J connectivity index is 2.37. The van der Waals surface area contributed by atoms with Gasteiger partial charge >= 0.3 is 0 Å². The quantitative estimate of drug-likeness (QED) is 0.845. The third-order valence-electron chi connectivity index (χ3n) is 3.30. The maximum absolute atomic E-state index is 6.19. The van der Waals surface area contributed by atoms with Crippen molar-refractivity contribution in [1.82, 2.24) is 9.97 Å². The molecular weight excluding hydrogens is 258 g/mol. The van der Waals surface area contributed by atoms with Crippen molar-refractivity contribution in [2.24, 2.45) is 0 Å². The average Bonchev–Trinajstić information content (AvgIpc) is 2.42. The SMILES string of the molecule is CCc1ccc(N(C)c2nc(C)c(C)nc2Cl)cc1. The van der Waals surface area contributed by atoms with E-state index in [1.807, 2.05) is 25.8 Å². The molecule has 0 aliphatic carbocycles. The van der Waals surface area contributed by atoms with Crippen LogP contribution in [-0.4, -0.2) is 17.0 Å². The molecule has 100 valence electrons. The van der Waals surface area contributed by atoms with Crippen LogP contribution in [0.25, 0.3) is 0 Å². The number of hydrogen-bond donors (Lipinski definition) is 0. The number of aryl methyl sites for hydroxylation is 3. The summed E-state index contributed by atoms with van der Waals surface area (Å²) in [4.78, 5) is 10.8. The van der Waals surface area contributed by atoms with Gasteiger partial charge in [0.05, 0.1) is 11.4 Å². The summed E-state index contributed by atoms with van der Waals surface area (Å²) in [6.07, 6.45) is 1.04. The highest BCUT2D eigenvalue weighted by atomic mass is 35.5. The van der Waals surface area contributed by atoms with E-state index in [1.54, 1.807) is 0 Å². The fourth-order valence-electron chi connectivity index (χ4n) is 1.85. The van der Waals surface area contributed by atoms with Gasteiger partial charge in [0.15, 0.2) is 11.0 Å². The van der Waals surface area contributed by atoms with Gasteiger partial charge in [-0.15, -0.1) is 0 Å². The van der Waals surface area contributed by atoms with E-state index in [1.165, 1.54) is 5.56 Å². The summed E-state index contributed by atoms with van der Waals surface area (Å²) in [7, 11) is 1.95. The lowest BCUT2D eigenvalue weighted by Gasteiger charge is -2.20. The van der Waals surface area contributed by atoms with Crippen molar-refractivity contribution in [2.75, 3.05) is 11.9 Å². The highest BCUT2D eigenvalue weighted by molar-refractivity contribution is 6.31. The van der Waals surface area contributed by atoms with Crippen LogP contribution >= 0.6 is 11.6 Å². The molecule has 1 aromatic carbocycles. The summed E-state index contributed by atoms with van der Waals surface area (Å²) >= 11 is 6.19. The van der Waals surface area contributed by atoms with Crippen molar-refractivity contribution in [3.63, 3.8) is 0 Å². The van der Waals surface area contributed by atoms with Gasteiger partial charge in [-0.05, 0) is 38.0 Å². The van der Waals surface area contributed by atoms with Gasteiger partial charge in [0.1, 0.15) is 0 Å². The molecule has 0 spiro atoms. The molecule has 1 aromatic heterocycles. The number of aromatic nitrogens is 2. The van der Waals surface area contributed by atoms with Gasteiger partial charge in [-0.1, -0.05) is 30.7 Å². The molecule has 0 fully saturated rings. The first-order valence-corrected chi connectivity index (χ1v) is 6.74. The monoisotopic (exact) mass is 275 g/mol. The van der Waals surface area contributed by atoms with E-state index in [0.717, 1.165) is 23.5 Å². The summed E-state index contributed by atoms with van der Waals surface area (Å²) in [6.45, 7) is 5.99. The minimum Gasteiger partial charge on any atom is -0.327 e. The Hall–Kier alpha value is -1.61. The second-order valence-corrected chi connectivity index (χ2v) is 4.95. The Bertz CT molecular complexity index is 579. The molecule has 4 heteroatoms. The first kappa shape index (κ1) is 13.8. The van der Waals surface area contributed by atoms with Crippen LogP contribution in [0.3, 0.4) is 0 Å². The first-order chi connectivity index (χ1) is 9.02. The van der Waals surface area contributed by atoms with Gasteiger partial charge < -0.3 is 4.90 Å². The minimum absolute atomic E-state index is 0.435. The molecule has 19 heavy (non-hydrogen) atoms. The normalized spacial score (nSPS) is 10.6. The van der Waals surface area contributed by atoms with Crippen LogP contribution in [-0.2, 0) is 6.42 Å². The van der Waals surface area contributed by atoms with Crippen molar-refractivity contribution in [3.05, 3.63) is 46.4 Å². The summed E-state index contributed by atoms with van der Waals surface area (Å²) in [5.41, 5.74) is 4.13. The molecule has 0 saturated carbocycles. The molecule has 0 radical (unpaired) electrons. The third-order valence-corrected chi connectivity index (χ3v) is 3.55. The Morgan fingerprint density at radius 2 is 1.63 bits per heavy atom. The van der Waals surface area contributed by atoms with Crippen LogP contribution in [0.5, 0.6) is 0 Å². The molecule has 0 aliphatic heterocycles. The van der Waals surface area contributed by atoms with Gasteiger partial charge in [0.25, 0.3) is 0 Å². The molecule has 0 aliphatic rings. The van der Waals surface area contributed by atoms with Gasteiger partial charge in [-0.25, -0.2) is 9.97 Å². The summed E-state index contributed by atoms with van der Waals surface area (Å²) < 4.78 is 0. The van der Waals surface area contributed by atoms with Crippen LogP contribution in [0.2, 0.25) is 5.15 Å². The number of hydrogen-bond acceptors (Lipinski definition) is 3. The zero-order chi connectivity index (χ0) is 14.0. The Morgan fingerprint density at radius 3 is 2.21 bits per heavy atom. The van der Waals surface area contributed by atoms with E-state index < -0.39 is 0 Å². The lowest BCUT2D eigenvalue weighted by atomic mass is 10.1. The van der Waals surface area contributed by atoms with Crippen LogP contribution in [0.4, 0.5) is 11.5 Å². The average molecular weight is 276 g/mol. The van der Waals surface area contributed by atoms with E-state index >= 15 is 0 Å². The highest BCUT2D eigenvalue weighted by Gasteiger charge is 2.13. The number of nitrogens with zero attached hydrogens (tertiary/aromatic N) is 3. The number of halogens is 1. The van der Waals surface area contributed by atoms with E-state index in [0.29, 0.717) is 11.0 Å². The van der Waals surface area contributed by atoms with Crippen molar-refractivity contribution in [1.29, 1.82) is 0 Å². The smallest absolute Gasteiger partial charge is 0.172 e. The van der Waals surface area contributed by atoms with Crippen LogP contribution in [0, 0.1) is 13.8 Å². The van der Waals surface area contributed by atoms with Crippen molar-refractivity contribution >= 4 is 23.1 Å². The van der Waals surface area contributed by atoms with Gasteiger partial charge in [-0.3, -0.25) is 0 Å². The molecule has 0 atom stereocenters. The molecular formula is C15H18ClN3. The largest absolute Gasteiger partial charge is 0.327 e. The van der Waals surface area contributed by atoms with E-state index in [2.05, 4.69) is 41.2 Å². The third kappa shape index (κ3) is 2.87. The van der Waals surface area contributed by atoms with Crippen molar-refractivity contribution in [2.45, 2.75) is 27.2 Å². The van der Waals surface area contributed by atoms with Crippen LogP contribution in [0.1, 0.15) is 23.9 Å². The standard InChI is InChI=1S/C15H18ClN3/c1-5-12-6-8-13(9-7-12)19(4)15-14(16)17-10(2)11(3)18-15/h6-9H,5H2,1-4H3. The van der Waals surface area contributed by atoms with Crippen LogP contribution in [0.15, 0.2) is 24.3 Å². The van der Waals surface area contributed by atoms with Crippen molar-refractivity contribution in [3.8, 4) is 0 Å². The maximum Gasteiger partial charge on any atom is 0.172 e. The Morgan fingerprint density at radius 1 is 1.05 bits per heavy atom. The fraction of sp³-hybridized carbons (Fsp3) is 0.333. The van der Waals surface area contributed by atoms with Gasteiger partial charge in [-0.2, -0.15) is 0 Å². The number of rotatable bonds is 3. The van der Waals surface area contributed by atoms with Gasteiger partial charge in [0.2, 0.25) is 0 Å². The summed E-state index contributed by atoms with van der Waals surface area (Å²) in [6, 6.07) is 8.39. The molecule has 3 nitrogen and oxygen atoms in total. The molecule has 0 N–H and O–H groups in total. The molecule has 2 rings (SSSR count). The second-order valence-electron chi connectivity index (χ2n) is 4.59. The topological polar surface area (TPSA) is 29.0 Å². The summed E-state index contributed by atoms with van der Waals surface area (Å²) in [5, 5.41) is 0.435. The van der Waals surface area contributed by atoms with E-state index in [9.17, 15) is 0 Å². The molecule has 0 amide bonds. The Labute approximate surface area is 119 Å². The lowest BCUT2D eigenvalue weighted by molar-refractivity contribution is 1.01. The maximum atomic E-state index is 6.19. The second kappa shape index (κ2) is 5.57. The molecule has 0 unspecified atom stereocenters. The minimum atomic E-state index is 0.435. The molecule has 0 saturated heterocycles. The molecule has 0 bridgehead atoms. The first-order valence-electron chi connectivity index (χ1n) is 6.36. The van der Waals surface area contributed by atoms with E-state index in [-0.39, 0.29) is 0 Å². The summed E-state index contributed by atoms with van der Waals surface area (Å²) in [5.74, 6) is 0.689. The van der Waals surface area contributed by atoms with E-state index in [4.69, 9.17) is 11.6 Å². The Kier molecular flexibility index (Phi) is 4.05. The highest BCUT2D eigenvalue weighted by Crippen LogP contribution is 2.28.